The van der Waals surface area contributed by atoms with Gasteiger partial charge >= 0.3 is 0 Å². The van der Waals surface area contributed by atoms with E-state index >= 15 is 0 Å². The highest BCUT2D eigenvalue weighted by Gasteiger charge is 2.15. The first-order chi connectivity index (χ1) is 7.38. The number of nitrogens with zero attached hydrogens (tertiary/aromatic N) is 1. The Kier molecular flexibility index (Phi) is 3.40. The molecule has 1 aromatic heterocycles. The fourth-order valence-electron chi connectivity index (χ4n) is 1.58. The van der Waals surface area contributed by atoms with Gasteiger partial charge in [0.1, 0.15) is 11.9 Å². The standard InChI is InChI=1S/C11H16N2O2/c1-12-10-3-2-4-11(13-10)15-9-5-7-14-8-6-9/h2-4,9H,5-8H2,1H3,(H,12,13). The van der Waals surface area contributed by atoms with E-state index in [2.05, 4.69) is 10.3 Å². The van der Waals surface area contributed by atoms with Crippen molar-refractivity contribution in [3.63, 3.8) is 0 Å². The summed E-state index contributed by atoms with van der Waals surface area (Å²) in [6.45, 7) is 1.58. The van der Waals surface area contributed by atoms with E-state index in [0.717, 1.165) is 31.9 Å². The molecule has 0 amide bonds. The Balaban J connectivity index is 1.96. The number of hydrogen-bond acceptors (Lipinski definition) is 4. The molecule has 2 rings (SSSR count). The van der Waals surface area contributed by atoms with Gasteiger partial charge in [0, 0.05) is 26.0 Å². The van der Waals surface area contributed by atoms with Gasteiger partial charge < -0.3 is 14.8 Å². The van der Waals surface area contributed by atoms with Gasteiger partial charge in [-0.3, -0.25) is 0 Å². The van der Waals surface area contributed by atoms with Gasteiger partial charge in [0.25, 0.3) is 0 Å². The highest BCUT2D eigenvalue weighted by molar-refractivity contribution is 5.36. The molecular weight excluding hydrogens is 192 g/mol. The average Bonchev–Trinajstić information content (AvgIpc) is 2.31. The fourth-order valence-corrected chi connectivity index (χ4v) is 1.58. The number of nitrogens with one attached hydrogen (secondary N) is 1. The summed E-state index contributed by atoms with van der Waals surface area (Å²) in [7, 11) is 1.85. The fraction of sp³-hybridized carbons (Fsp3) is 0.545. The largest absolute Gasteiger partial charge is 0.474 e. The first kappa shape index (κ1) is 10.2. The van der Waals surface area contributed by atoms with Crippen molar-refractivity contribution in [2.45, 2.75) is 18.9 Å². The predicted octanol–water partition coefficient (Wildman–Crippen LogP) is 1.68. The molecule has 4 heteroatoms. The highest BCUT2D eigenvalue weighted by Crippen LogP contribution is 2.17. The Morgan fingerprint density at radius 3 is 2.93 bits per heavy atom. The van der Waals surface area contributed by atoms with E-state index in [1.54, 1.807) is 0 Å². The second kappa shape index (κ2) is 4.98. The zero-order valence-electron chi connectivity index (χ0n) is 8.90. The monoisotopic (exact) mass is 208 g/mol. The Morgan fingerprint density at radius 2 is 2.20 bits per heavy atom. The minimum Gasteiger partial charge on any atom is -0.474 e. The number of rotatable bonds is 3. The van der Waals surface area contributed by atoms with Gasteiger partial charge in [-0.25, -0.2) is 0 Å². The van der Waals surface area contributed by atoms with Crippen LogP contribution in [0, 0.1) is 0 Å². The molecule has 1 aliphatic rings. The van der Waals surface area contributed by atoms with Crippen LogP contribution in [0.2, 0.25) is 0 Å². The molecule has 0 saturated carbocycles. The van der Waals surface area contributed by atoms with Crippen molar-refractivity contribution in [1.82, 2.24) is 4.98 Å². The number of anilines is 1. The van der Waals surface area contributed by atoms with Crippen LogP contribution in [0.15, 0.2) is 18.2 Å². The summed E-state index contributed by atoms with van der Waals surface area (Å²) in [6.07, 6.45) is 2.15. The molecule has 4 nitrogen and oxygen atoms in total. The lowest BCUT2D eigenvalue weighted by Gasteiger charge is -2.22. The van der Waals surface area contributed by atoms with Crippen molar-refractivity contribution in [3.8, 4) is 5.88 Å². The summed E-state index contributed by atoms with van der Waals surface area (Å²) in [4.78, 5) is 4.31. The molecule has 1 N–H and O–H groups in total. The van der Waals surface area contributed by atoms with E-state index in [1.807, 2.05) is 25.2 Å². The lowest BCUT2D eigenvalue weighted by Crippen LogP contribution is -2.26. The van der Waals surface area contributed by atoms with Crippen molar-refractivity contribution in [2.24, 2.45) is 0 Å². The lowest BCUT2D eigenvalue weighted by atomic mass is 10.1. The van der Waals surface area contributed by atoms with Crippen LogP contribution in [0.25, 0.3) is 0 Å². The van der Waals surface area contributed by atoms with Gasteiger partial charge in [-0.1, -0.05) is 6.07 Å². The summed E-state index contributed by atoms with van der Waals surface area (Å²) in [5.41, 5.74) is 0. The number of ether oxygens (including phenoxy) is 2. The van der Waals surface area contributed by atoms with Crippen LogP contribution in [-0.4, -0.2) is 31.3 Å². The third-order valence-corrected chi connectivity index (χ3v) is 2.44. The quantitative estimate of drug-likeness (QED) is 0.820. The molecule has 0 bridgehead atoms. The molecule has 1 saturated heterocycles. The van der Waals surface area contributed by atoms with Crippen molar-refractivity contribution < 1.29 is 9.47 Å². The van der Waals surface area contributed by atoms with Gasteiger partial charge in [-0.15, -0.1) is 0 Å². The second-order valence-electron chi connectivity index (χ2n) is 3.54. The predicted molar refractivity (Wildman–Crippen MR) is 58.3 cm³/mol. The van der Waals surface area contributed by atoms with E-state index in [-0.39, 0.29) is 6.10 Å². The third kappa shape index (κ3) is 2.83. The zero-order chi connectivity index (χ0) is 10.5. The molecule has 82 valence electrons. The minimum atomic E-state index is 0.248. The Hall–Kier alpha value is -1.29. The molecule has 15 heavy (non-hydrogen) atoms. The normalized spacial score (nSPS) is 17.4. The van der Waals surface area contributed by atoms with Gasteiger partial charge in [0.05, 0.1) is 13.2 Å². The molecule has 0 atom stereocenters. The summed E-state index contributed by atoms with van der Waals surface area (Å²) in [5.74, 6) is 1.52. The summed E-state index contributed by atoms with van der Waals surface area (Å²) in [5, 5.41) is 2.99. The van der Waals surface area contributed by atoms with Crippen LogP contribution < -0.4 is 10.1 Å². The first-order valence-electron chi connectivity index (χ1n) is 5.27. The molecule has 0 unspecified atom stereocenters. The van der Waals surface area contributed by atoms with Gasteiger partial charge in [-0.05, 0) is 6.07 Å². The molecule has 1 fully saturated rings. The SMILES string of the molecule is CNc1cccc(OC2CCOCC2)n1. The molecule has 1 aromatic rings. The maximum Gasteiger partial charge on any atom is 0.215 e. The Morgan fingerprint density at radius 1 is 1.40 bits per heavy atom. The van der Waals surface area contributed by atoms with E-state index in [4.69, 9.17) is 9.47 Å². The van der Waals surface area contributed by atoms with Gasteiger partial charge in [-0.2, -0.15) is 4.98 Å². The molecule has 1 aliphatic heterocycles. The van der Waals surface area contributed by atoms with Crippen molar-refractivity contribution in [2.75, 3.05) is 25.6 Å². The second-order valence-corrected chi connectivity index (χ2v) is 3.54. The molecule has 0 aromatic carbocycles. The summed E-state index contributed by atoms with van der Waals surface area (Å²) < 4.78 is 11.0. The molecule has 0 spiro atoms. The van der Waals surface area contributed by atoms with E-state index in [1.165, 1.54) is 0 Å². The maximum atomic E-state index is 5.77. The van der Waals surface area contributed by atoms with E-state index in [0.29, 0.717) is 5.88 Å². The van der Waals surface area contributed by atoms with Crippen molar-refractivity contribution >= 4 is 5.82 Å². The van der Waals surface area contributed by atoms with Crippen LogP contribution in [0.3, 0.4) is 0 Å². The summed E-state index contributed by atoms with van der Waals surface area (Å²) in [6, 6.07) is 5.74. The van der Waals surface area contributed by atoms with E-state index in [9.17, 15) is 0 Å². The molecule has 0 radical (unpaired) electrons. The topological polar surface area (TPSA) is 43.4 Å². The van der Waals surface area contributed by atoms with Crippen LogP contribution in [0.5, 0.6) is 5.88 Å². The number of pyridine rings is 1. The van der Waals surface area contributed by atoms with Gasteiger partial charge in [0.15, 0.2) is 0 Å². The lowest BCUT2D eigenvalue weighted by molar-refractivity contribution is 0.0238. The number of hydrogen-bond donors (Lipinski definition) is 1. The smallest absolute Gasteiger partial charge is 0.215 e. The van der Waals surface area contributed by atoms with Gasteiger partial charge in [0.2, 0.25) is 5.88 Å². The van der Waals surface area contributed by atoms with Crippen molar-refractivity contribution in [1.29, 1.82) is 0 Å². The first-order valence-corrected chi connectivity index (χ1v) is 5.27. The Bertz CT molecular complexity index is 311. The molecule has 0 aliphatic carbocycles. The molecule has 2 heterocycles. The van der Waals surface area contributed by atoms with Crippen LogP contribution in [0.4, 0.5) is 5.82 Å². The van der Waals surface area contributed by atoms with Crippen LogP contribution in [-0.2, 0) is 4.74 Å². The highest BCUT2D eigenvalue weighted by atomic mass is 16.5. The van der Waals surface area contributed by atoms with Crippen LogP contribution >= 0.6 is 0 Å². The van der Waals surface area contributed by atoms with E-state index < -0.39 is 0 Å². The molecular formula is C11H16N2O2. The van der Waals surface area contributed by atoms with Crippen LogP contribution in [0.1, 0.15) is 12.8 Å². The summed E-state index contributed by atoms with van der Waals surface area (Å²) >= 11 is 0. The Labute approximate surface area is 89.6 Å². The average molecular weight is 208 g/mol. The minimum absolute atomic E-state index is 0.248. The third-order valence-electron chi connectivity index (χ3n) is 2.44. The van der Waals surface area contributed by atoms with Crippen molar-refractivity contribution in [3.05, 3.63) is 18.2 Å². The zero-order valence-corrected chi connectivity index (χ0v) is 8.90. The maximum absolute atomic E-state index is 5.77. The number of aromatic nitrogens is 1.